The van der Waals surface area contributed by atoms with E-state index in [4.69, 9.17) is 11.6 Å². The molecule has 5 nitrogen and oxygen atoms in total. The average Bonchev–Trinajstić information content (AvgIpc) is 3.52. The molecule has 1 spiro atoms. The minimum Gasteiger partial charge on any atom is -0.336 e. The van der Waals surface area contributed by atoms with Crippen LogP contribution < -0.4 is 10.9 Å². The van der Waals surface area contributed by atoms with Crippen molar-refractivity contribution in [2.75, 3.05) is 19.6 Å². The molecule has 0 aromatic heterocycles. The maximum atomic E-state index is 13.9. The summed E-state index contributed by atoms with van der Waals surface area (Å²) in [6.45, 7) is 3.21. The van der Waals surface area contributed by atoms with Crippen LogP contribution >= 0.6 is 11.6 Å². The molecule has 7 heteroatoms. The SMILES string of the molecule is O=C1N(Cc2cccc(Cl)c2)C[C@@H]2C[C@@H](C3CNNC3c3cccc(F)c3)N3CCC[C@@]123. The standard InChI is InChI=1S/C25H28ClFN4O/c26-19-6-1-4-16(10-19)14-30-15-18-12-22(31-9-3-8-25(18,31)24(30)32)21-13-28-29-23(21)17-5-2-7-20(27)11-17/h1-2,4-7,10-11,18,21-23,28-29H,3,8-9,12-15H2/t18-,21?,22-,23?,25-/m0/s1. The van der Waals surface area contributed by atoms with E-state index < -0.39 is 0 Å². The Labute approximate surface area is 192 Å². The Bertz CT molecular complexity index is 1050. The van der Waals surface area contributed by atoms with Crippen molar-refractivity contribution in [3.05, 3.63) is 70.5 Å². The number of amides is 1. The predicted octanol–water partition coefficient (Wildman–Crippen LogP) is 3.51. The minimum atomic E-state index is -0.363. The van der Waals surface area contributed by atoms with E-state index in [1.807, 2.05) is 35.2 Å². The van der Waals surface area contributed by atoms with Crippen LogP contribution in [0.2, 0.25) is 5.02 Å². The first kappa shape index (κ1) is 20.6. The molecule has 0 radical (unpaired) electrons. The second kappa shape index (κ2) is 7.80. The van der Waals surface area contributed by atoms with Gasteiger partial charge in [-0.25, -0.2) is 9.82 Å². The summed E-state index contributed by atoms with van der Waals surface area (Å²) < 4.78 is 13.9. The van der Waals surface area contributed by atoms with Crippen LogP contribution in [-0.2, 0) is 11.3 Å². The highest BCUT2D eigenvalue weighted by Gasteiger charge is 2.66. The summed E-state index contributed by atoms with van der Waals surface area (Å²) in [5, 5.41) is 0.708. The van der Waals surface area contributed by atoms with Gasteiger partial charge in [0.05, 0.1) is 6.04 Å². The summed E-state index contributed by atoms with van der Waals surface area (Å²) in [7, 11) is 0. The largest absolute Gasteiger partial charge is 0.336 e. The van der Waals surface area contributed by atoms with Crippen molar-refractivity contribution >= 4 is 17.5 Å². The molecule has 2 unspecified atom stereocenters. The van der Waals surface area contributed by atoms with Crippen LogP contribution in [0.15, 0.2) is 48.5 Å². The second-order valence-electron chi connectivity index (χ2n) is 9.76. The number of hydrogen-bond acceptors (Lipinski definition) is 4. The Morgan fingerprint density at radius 3 is 2.91 bits per heavy atom. The van der Waals surface area contributed by atoms with E-state index in [-0.39, 0.29) is 23.3 Å². The second-order valence-corrected chi connectivity index (χ2v) is 10.2. The molecule has 2 aromatic carbocycles. The third-order valence-electron chi connectivity index (χ3n) is 8.16. The summed E-state index contributed by atoms with van der Waals surface area (Å²) in [5.74, 6) is 0.716. The number of hydrogen-bond donors (Lipinski definition) is 2. The van der Waals surface area contributed by atoms with Gasteiger partial charge in [-0.3, -0.25) is 15.1 Å². The zero-order chi connectivity index (χ0) is 21.9. The summed E-state index contributed by atoms with van der Waals surface area (Å²) in [6, 6.07) is 15.1. The Hall–Kier alpha value is -1.99. The zero-order valence-corrected chi connectivity index (χ0v) is 18.7. The van der Waals surface area contributed by atoms with Gasteiger partial charge in [-0.2, -0.15) is 0 Å². The summed E-state index contributed by atoms with van der Waals surface area (Å²) in [4.78, 5) is 18.4. The Morgan fingerprint density at radius 2 is 2.06 bits per heavy atom. The van der Waals surface area contributed by atoms with Gasteiger partial charge >= 0.3 is 0 Å². The van der Waals surface area contributed by atoms with Crippen molar-refractivity contribution in [1.29, 1.82) is 0 Å². The third kappa shape index (κ3) is 3.11. The molecule has 0 aliphatic carbocycles. The maximum Gasteiger partial charge on any atom is 0.243 e. The molecule has 2 N–H and O–H groups in total. The predicted molar refractivity (Wildman–Crippen MR) is 121 cm³/mol. The molecule has 168 valence electrons. The third-order valence-corrected chi connectivity index (χ3v) is 8.39. The number of halogens is 2. The van der Waals surface area contributed by atoms with Gasteiger partial charge in [-0.1, -0.05) is 35.9 Å². The molecule has 1 amide bonds. The Kier molecular flexibility index (Phi) is 5.02. The van der Waals surface area contributed by atoms with Crippen LogP contribution in [0, 0.1) is 17.7 Å². The molecular formula is C25H28ClFN4O. The van der Waals surface area contributed by atoms with Crippen LogP contribution in [0.5, 0.6) is 0 Å². The van der Waals surface area contributed by atoms with E-state index in [9.17, 15) is 9.18 Å². The number of benzene rings is 2. The Morgan fingerprint density at radius 1 is 1.19 bits per heavy atom. The molecule has 6 rings (SSSR count). The zero-order valence-electron chi connectivity index (χ0n) is 17.9. The van der Waals surface area contributed by atoms with E-state index in [0.29, 0.717) is 29.4 Å². The molecular weight excluding hydrogens is 427 g/mol. The first-order valence-electron chi connectivity index (χ1n) is 11.6. The number of nitrogens with zero attached hydrogens (tertiary/aromatic N) is 2. The molecule has 0 saturated carbocycles. The van der Waals surface area contributed by atoms with E-state index in [1.54, 1.807) is 12.1 Å². The van der Waals surface area contributed by atoms with Gasteiger partial charge < -0.3 is 4.90 Å². The molecule has 4 aliphatic heterocycles. The van der Waals surface area contributed by atoms with E-state index >= 15 is 0 Å². The van der Waals surface area contributed by atoms with Gasteiger partial charge in [0.15, 0.2) is 0 Å². The van der Waals surface area contributed by atoms with E-state index in [2.05, 4.69) is 15.8 Å². The highest BCUT2D eigenvalue weighted by molar-refractivity contribution is 6.30. The van der Waals surface area contributed by atoms with Gasteiger partial charge in [-0.15, -0.1) is 0 Å². The van der Waals surface area contributed by atoms with Gasteiger partial charge in [0.2, 0.25) is 5.91 Å². The summed E-state index contributed by atoms with van der Waals surface area (Å²) in [6.07, 6.45) is 3.01. The molecule has 4 aliphatic rings. The fourth-order valence-electron chi connectivity index (χ4n) is 6.93. The summed E-state index contributed by atoms with van der Waals surface area (Å²) >= 11 is 6.17. The molecule has 4 saturated heterocycles. The van der Waals surface area contributed by atoms with Crippen LogP contribution in [0.4, 0.5) is 4.39 Å². The van der Waals surface area contributed by atoms with Gasteiger partial charge in [-0.05, 0) is 61.2 Å². The molecule has 4 fully saturated rings. The smallest absolute Gasteiger partial charge is 0.243 e. The fraction of sp³-hybridized carbons (Fsp3) is 0.480. The number of likely N-dealkylation sites (tertiary alicyclic amines) is 1. The minimum absolute atomic E-state index is 0.0462. The first-order chi connectivity index (χ1) is 15.6. The van der Waals surface area contributed by atoms with Crippen LogP contribution in [-0.4, -0.2) is 46.9 Å². The van der Waals surface area contributed by atoms with Crippen molar-refractivity contribution in [3.63, 3.8) is 0 Å². The van der Waals surface area contributed by atoms with Crippen molar-refractivity contribution < 1.29 is 9.18 Å². The van der Waals surface area contributed by atoms with Crippen LogP contribution in [0.3, 0.4) is 0 Å². The molecule has 32 heavy (non-hydrogen) atoms. The lowest BCUT2D eigenvalue weighted by atomic mass is 9.83. The van der Waals surface area contributed by atoms with Gasteiger partial charge in [0.1, 0.15) is 11.4 Å². The lowest BCUT2D eigenvalue weighted by molar-refractivity contribution is -0.137. The van der Waals surface area contributed by atoms with Crippen molar-refractivity contribution in [1.82, 2.24) is 20.7 Å². The fourth-order valence-corrected chi connectivity index (χ4v) is 7.14. The first-order valence-corrected chi connectivity index (χ1v) is 12.0. The normalized spacial score (nSPS) is 34.3. The molecule has 2 aromatic rings. The monoisotopic (exact) mass is 454 g/mol. The van der Waals surface area contributed by atoms with Crippen molar-refractivity contribution in [2.24, 2.45) is 11.8 Å². The molecule has 5 atom stereocenters. The van der Waals surface area contributed by atoms with Gasteiger partial charge in [0, 0.05) is 42.5 Å². The molecule has 4 heterocycles. The van der Waals surface area contributed by atoms with Crippen LogP contribution in [0.25, 0.3) is 0 Å². The lowest BCUT2D eigenvalue weighted by Crippen LogP contribution is -2.53. The van der Waals surface area contributed by atoms with E-state index in [1.165, 1.54) is 6.07 Å². The number of carbonyl (C=O) groups is 1. The van der Waals surface area contributed by atoms with Crippen molar-refractivity contribution in [3.8, 4) is 0 Å². The topological polar surface area (TPSA) is 47.6 Å². The van der Waals surface area contributed by atoms with Gasteiger partial charge in [0.25, 0.3) is 0 Å². The average molecular weight is 455 g/mol. The number of hydrazine groups is 1. The number of nitrogens with one attached hydrogen (secondary N) is 2. The number of carbonyl (C=O) groups excluding carboxylic acids is 1. The van der Waals surface area contributed by atoms with E-state index in [0.717, 1.165) is 50.0 Å². The highest BCUT2D eigenvalue weighted by atomic mass is 35.5. The number of rotatable bonds is 4. The Balaban J connectivity index is 1.25. The van der Waals surface area contributed by atoms with Crippen molar-refractivity contribution in [2.45, 2.75) is 43.4 Å². The molecule has 0 bridgehead atoms. The maximum absolute atomic E-state index is 13.9. The lowest BCUT2D eigenvalue weighted by Gasteiger charge is -2.37. The quantitative estimate of drug-likeness (QED) is 0.742. The highest BCUT2D eigenvalue weighted by Crippen LogP contribution is 2.54. The summed E-state index contributed by atoms with van der Waals surface area (Å²) in [5.41, 5.74) is 8.38. The van der Waals surface area contributed by atoms with Crippen LogP contribution in [0.1, 0.15) is 36.4 Å².